The van der Waals surface area contributed by atoms with Crippen molar-refractivity contribution < 1.29 is 49.0 Å². The van der Waals surface area contributed by atoms with E-state index >= 15 is 0 Å². The highest BCUT2D eigenvalue weighted by molar-refractivity contribution is 5.70. The van der Waals surface area contributed by atoms with Crippen molar-refractivity contribution in [2.75, 3.05) is 19.8 Å². The fourth-order valence-corrected chi connectivity index (χ4v) is 6.32. The summed E-state index contributed by atoms with van der Waals surface area (Å²) in [4.78, 5) is 25.2. The Kier molecular flexibility index (Phi) is 30.7. The molecular formula is C41H76O10. The van der Waals surface area contributed by atoms with Crippen LogP contribution in [-0.2, 0) is 28.5 Å². The van der Waals surface area contributed by atoms with Crippen molar-refractivity contribution in [2.45, 2.75) is 218 Å². The number of aliphatic hydroxyl groups excluding tert-OH is 4. The fourth-order valence-electron chi connectivity index (χ4n) is 6.32. The van der Waals surface area contributed by atoms with Crippen LogP contribution in [0, 0.1) is 0 Å². The van der Waals surface area contributed by atoms with Crippen molar-refractivity contribution in [1.82, 2.24) is 0 Å². The molecule has 1 saturated heterocycles. The summed E-state index contributed by atoms with van der Waals surface area (Å²) in [5.74, 6) is -0.858. The molecule has 0 saturated carbocycles. The molecule has 51 heavy (non-hydrogen) atoms. The van der Waals surface area contributed by atoms with E-state index in [2.05, 4.69) is 19.9 Å². The molecule has 0 amide bonds. The van der Waals surface area contributed by atoms with E-state index in [1.807, 2.05) is 6.08 Å². The van der Waals surface area contributed by atoms with Gasteiger partial charge in [-0.15, -0.1) is 0 Å². The summed E-state index contributed by atoms with van der Waals surface area (Å²) < 4.78 is 22.0. The zero-order chi connectivity index (χ0) is 37.4. The number of carbonyl (C=O) groups excluding carboxylic acids is 2. The molecule has 0 aromatic rings. The van der Waals surface area contributed by atoms with Crippen LogP contribution >= 0.6 is 0 Å². The Balaban J connectivity index is 2.38. The number of carbonyl (C=O) groups is 2. The topological polar surface area (TPSA) is 152 Å². The van der Waals surface area contributed by atoms with Gasteiger partial charge in [0.25, 0.3) is 0 Å². The molecule has 0 spiro atoms. The molecule has 1 fully saturated rings. The Morgan fingerprint density at radius 3 is 1.61 bits per heavy atom. The standard InChI is InChI=1S/C41H76O10/c1-3-5-7-9-11-13-15-16-17-18-20-22-24-26-28-30-37(44)50-34(33-49-41-40(47)39(46)38(45)35(31-42)51-41)32-48-36(43)29-27-25-23-21-19-14-12-10-8-6-4-2/h24,26,34-35,38-42,45-47H,3-23,25,27-33H2,1-2H3/b26-24+/t34-,35-,38+,39?,40?,41-/m1/s1. The average molecular weight is 729 g/mol. The SMILES string of the molecule is CCCCCCCCCCCCC/C=C/CCC(=O)O[C@H](COC(=O)CCCCCCCCCCCCC)CO[C@@H]1O[C@H](CO)[C@H](O)C(O)C1O. The summed E-state index contributed by atoms with van der Waals surface area (Å²) in [7, 11) is 0. The molecule has 0 aromatic heterocycles. The molecule has 0 aliphatic carbocycles. The van der Waals surface area contributed by atoms with E-state index in [0.717, 1.165) is 32.1 Å². The Bertz CT molecular complexity index is 850. The number of ether oxygens (including phenoxy) is 4. The van der Waals surface area contributed by atoms with Crippen molar-refractivity contribution >= 4 is 11.9 Å². The van der Waals surface area contributed by atoms with Gasteiger partial charge in [-0.05, 0) is 25.7 Å². The molecule has 1 aliphatic heterocycles. The zero-order valence-electron chi connectivity index (χ0n) is 32.4. The molecular weight excluding hydrogens is 652 g/mol. The van der Waals surface area contributed by atoms with Crippen LogP contribution < -0.4 is 0 Å². The fraction of sp³-hybridized carbons (Fsp3) is 0.902. The third kappa shape index (κ3) is 25.2. The van der Waals surface area contributed by atoms with Crippen LogP contribution in [0.15, 0.2) is 12.2 Å². The smallest absolute Gasteiger partial charge is 0.306 e. The highest BCUT2D eigenvalue weighted by Gasteiger charge is 2.44. The minimum atomic E-state index is -1.59. The lowest BCUT2D eigenvalue weighted by Crippen LogP contribution is -2.59. The molecule has 4 N–H and O–H groups in total. The highest BCUT2D eigenvalue weighted by Crippen LogP contribution is 2.22. The van der Waals surface area contributed by atoms with Gasteiger partial charge in [0.15, 0.2) is 12.4 Å². The monoisotopic (exact) mass is 729 g/mol. The lowest BCUT2D eigenvalue weighted by molar-refractivity contribution is -0.305. The molecule has 1 heterocycles. The lowest BCUT2D eigenvalue weighted by Gasteiger charge is -2.39. The summed E-state index contributed by atoms with van der Waals surface area (Å²) in [6, 6.07) is 0. The summed E-state index contributed by atoms with van der Waals surface area (Å²) in [5, 5.41) is 39.9. The van der Waals surface area contributed by atoms with Gasteiger partial charge in [0.05, 0.1) is 13.2 Å². The van der Waals surface area contributed by atoms with Crippen LogP contribution in [0.25, 0.3) is 0 Å². The number of rotatable bonds is 34. The lowest BCUT2D eigenvalue weighted by atomic mass is 9.99. The van der Waals surface area contributed by atoms with E-state index in [4.69, 9.17) is 18.9 Å². The summed E-state index contributed by atoms with van der Waals surface area (Å²) in [6.07, 6.45) is 25.2. The second-order valence-corrected chi connectivity index (χ2v) is 14.4. The first-order valence-corrected chi connectivity index (χ1v) is 20.8. The molecule has 0 aromatic carbocycles. The summed E-state index contributed by atoms with van der Waals surface area (Å²) in [5.41, 5.74) is 0. The number of allylic oxidation sites excluding steroid dienone is 2. The molecule has 10 nitrogen and oxygen atoms in total. The quantitative estimate of drug-likeness (QED) is 0.0291. The normalized spacial score (nSPS) is 21.3. The molecule has 0 bridgehead atoms. The number of unbranched alkanes of at least 4 members (excludes halogenated alkanes) is 21. The van der Waals surface area contributed by atoms with Gasteiger partial charge in [0.2, 0.25) is 0 Å². The third-order valence-electron chi connectivity index (χ3n) is 9.66. The largest absolute Gasteiger partial charge is 0.462 e. The maximum absolute atomic E-state index is 12.7. The van der Waals surface area contributed by atoms with Crippen LogP contribution in [0.3, 0.4) is 0 Å². The molecule has 1 rings (SSSR count). The van der Waals surface area contributed by atoms with Gasteiger partial charge in [-0.25, -0.2) is 0 Å². The second kappa shape index (κ2) is 33.0. The average Bonchev–Trinajstić information content (AvgIpc) is 3.13. The van der Waals surface area contributed by atoms with Gasteiger partial charge in [0, 0.05) is 12.8 Å². The van der Waals surface area contributed by atoms with Crippen LogP contribution in [0.5, 0.6) is 0 Å². The number of esters is 2. The maximum Gasteiger partial charge on any atom is 0.306 e. The van der Waals surface area contributed by atoms with Crippen LogP contribution in [0.1, 0.15) is 181 Å². The van der Waals surface area contributed by atoms with Crippen molar-refractivity contribution in [3.63, 3.8) is 0 Å². The Hall–Kier alpha value is -1.56. The van der Waals surface area contributed by atoms with E-state index in [-0.39, 0.29) is 32.0 Å². The van der Waals surface area contributed by atoms with Crippen molar-refractivity contribution in [2.24, 2.45) is 0 Å². The Morgan fingerprint density at radius 1 is 0.588 bits per heavy atom. The van der Waals surface area contributed by atoms with Crippen molar-refractivity contribution in [1.29, 1.82) is 0 Å². The second-order valence-electron chi connectivity index (χ2n) is 14.4. The summed E-state index contributed by atoms with van der Waals surface area (Å²) >= 11 is 0. The minimum absolute atomic E-state index is 0.151. The van der Waals surface area contributed by atoms with Gasteiger partial charge in [-0.3, -0.25) is 9.59 Å². The molecule has 300 valence electrons. The predicted molar refractivity (Wildman–Crippen MR) is 201 cm³/mol. The molecule has 2 unspecified atom stereocenters. The van der Waals surface area contributed by atoms with Gasteiger partial charge in [-0.1, -0.05) is 154 Å². The van der Waals surface area contributed by atoms with Gasteiger partial charge in [0.1, 0.15) is 31.0 Å². The third-order valence-corrected chi connectivity index (χ3v) is 9.66. The van der Waals surface area contributed by atoms with Crippen molar-refractivity contribution in [3.8, 4) is 0 Å². The van der Waals surface area contributed by atoms with E-state index in [1.165, 1.54) is 116 Å². The first-order valence-electron chi connectivity index (χ1n) is 20.8. The number of aliphatic hydroxyl groups is 4. The van der Waals surface area contributed by atoms with Gasteiger partial charge in [-0.2, -0.15) is 0 Å². The molecule has 10 heteroatoms. The van der Waals surface area contributed by atoms with Gasteiger partial charge < -0.3 is 39.4 Å². The van der Waals surface area contributed by atoms with E-state index in [1.54, 1.807) is 0 Å². The maximum atomic E-state index is 12.7. The molecule has 0 radical (unpaired) electrons. The summed E-state index contributed by atoms with van der Waals surface area (Å²) in [6.45, 7) is 3.38. The van der Waals surface area contributed by atoms with Crippen LogP contribution in [0.2, 0.25) is 0 Å². The predicted octanol–water partition coefficient (Wildman–Crippen LogP) is 8.00. The zero-order valence-corrected chi connectivity index (χ0v) is 32.4. The van der Waals surface area contributed by atoms with E-state index in [9.17, 15) is 30.0 Å². The Labute approximate surface area is 310 Å². The van der Waals surface area contributed by atoms with Crippen LogP contribution in [0.4, 0.5) is 0 Å². The van der Waals surface area contributed by atoms with Crippen molar-refractivity contribution in [3.05, 3.63) is 12.2 Å². The highest BCUT2D eigenvalue weighted by atomic mass is 16.7. The molecule has 6 atom stereocenters. The van der Waals surface area contributed by atoms with Crippen LogP contribution in [-0.4, -0.2) is 89.0 Å². The number of hydrogen-bond acceptors (Lipinski definition) is 10. The minimum Gasteiger partial charge on any atom is -0.462 e. The first kappa shape index (κ1) is 47.5. The molecule has 1 aliphatic rings. The Morgan fingerprint density at radius 2 is 1.08 bits per heavy atom. The van der Waals surface area contributed by atoms with E-state index < -0.39 is 49.4 Å². The first-order chi connectivity index (χ1) is 24.8. The van der Waals surface area contributed by atoms with Gasteiger partial charge >= 0.3 is 11.9 Å². The van der Waals surface area contributed by atoms with E-state index in [0.29, 0.717) is 6.42 Å². The number of hydrogen-bond donors (Lipinski definition) is 4.